The standard InChI is InChI=1S/C14H19N3O/c1-9-10(2)14(18-3)5-4-12(9)13-8-11(6-7-15)16-17-13/h4-5,8H,6-7,15H2,1-3H3,(H,16,17). The van der Waals surface area contributed by atoms with Crippen molar-refractivity contribution in [1.29, 1.82) is 0 Å². The smallest absolute Gasteiger partial charge is 0.122 e. The van der Waals surface area contributed by atoms with E-state index in [0.717, 1.165) is 34.7 Å². The summed E-state index contributed by atoms with van der Waals surface area (Å²) in [6, 6.07) is 6.08. The summed E-state index contributed by atoms with van der Waals surface area (Å²) in [5.41, 5.74) is 11.0. The van der Waals surface area contributed by atoms with Crippen LogP contribution in [0.3, 0.4) is 0 Å². The van der Waals surface area contributed by atoms with Crippen molar-refractivity contribution in [2.75, 3.05) is 13.7 Å². The van der Waals surface area contributed by atoms with Crippen LogP contribution in [0, 0.1) is 13.8 Å². The minimum absolute atomic E-state index is 0.627. The topological polar surface area (TPSA) is 63.9 Å². The number of nitrogens with one attached hydrogen (secondary N) is 1. The van der Waals surface area contributed by atoms with Crippen LogP contribution in [-0.4, -0.2) is 23.9 Å². The molecule has 0 radical (unpaired) electrons. The summed E-state index contributed by atoms with van der Waals surface area (Å²) in [6.45, 7) is 4.78. The Balaban J connectivity index is 2.41. The number of nitrogens with two attached hydrogens (primary N) is 1. The van der Waals surface area contributed by atoms with Crippen molar-refractivity contribution in [1.82, 2.24) is 10.2 Å². The van der Waals surface area contributed by atoms with Crippen LogP contribution < -0.4 is 10.5 Å². The molecule has 96 valence electrons. The fourth-order valence-electron chi connectivity index (χ4n) is 2.08. The molecule has 4 nitrogen and oxygen atoms in total. The number of H-pyrrole nitrogens is 1. The third-order valence-electron chi connectivity index (χ3n) is 3.28. The Morgan fingerprint density at radius 1 is 1.28 bits per heavy atom. The van der Waals surface area contributed by atoms with Gasteiger partial charge in [-0.15, -0.1) is 0 Å². The van der Waals surface area contributed by atoms with Gasteiger partial charge in [0.05, 0.1) is 12.8 Å². The van der Waals surface area contributed by atoms with Crippen molar-refractivity contribution in [2.24, 2.45) is 5.73 Å². The van der Waals surface area contributed by atoms with Crippen LogP contribution in [0.2, 0.25) is 0 Å². The second-order valence-corrected chi connectivity index (χ2v) is 4.38. The van der Waals surface area contributed by atoms with Crippen LogP contribution >= 0.6 is 0 Å². The lowest BCUT2D eigenvalue weighted by molar-refractivity contribution is 0.411. The average Bonchev–Trinajstić information content (AvgIpc) is 2.81. The van der Waals surface area contributed by atoms with E-state index in [2.05, 4.69) is 30.1 Å². The van der Waals surface area contributed by atoms with E-state index < -0.39 is 0 Å². The maximum absolute atomic E-state index is 5.54. The van der Waals surface area contributed by atoms with Gasteiger partial charge in [0, 0.05) is 17.7 Å². The number of aromatic amines is 1. The Hall–Kier alpha value is -1.81. The lowest BCUT2D eigenvalue weighted by atomic mass is 10.00. The Morgan fingerprint density at radius 2 is 2.06 bits per heavy atom. The van der Waals surface area contributed by atoms with Gasteiger partial charge in [0.25, 0.3) is 0 Å². The van der Waals surface area contributed by atoms with E-state index in [0.29, 0.717) is 6.54 Å². The zero-order valence-electron chi connectivity index (χ0n) is 11.1. The molecule has 18 heavy (non-hydrogen) atoms. The zero-order chi connectivity index (χ0) is 13.1. The second-order valence-electron chi connectivity index (χ2n) is 4.38. The van der Waals surface area contributed by atoms with Gasteiger partial charge in [-0.05, 0) is 49.7 Å². The molecule has 3 N–H and O–H groups in total. The molecular weight excluding hydrogens is 226 g/mol. The van der Waals surface area contributed by atoms with Gasteiger partial charge in [-0.3, -0.25) is 5.10 Å². The number of aromatic nitrogens is 2. The molecule has 0 saturated heterocycles. The number of methoxy groups -OCH3 is 1. The van der Waals surface area contributed by atoms with Gasteiger partial charge < -0.3 is 10.5 Å². The van der Waals surface area contributed by atoms with Crippen LogP contribution in [0.1, 0.15) is 16.8 Å². The van der Waals surface area contributed by atoms with Crippen molar-refractivity contribution in [3.8, 4) is 17.0 Å². The van der Waals surface area contributed by atoms with Gasteiger partial charge in [-0.1, -0.05) is 0 Å². The van der Waals surface area contributed by atoms with E-state index in [1.54, 1.807) is 7.11 Å². The SMILES string of the molecule is COc1ccc(-c2cc(CCN)[nH]n2)c(C)c1C. The molecule has 0 spiro atoms. The lowest BCUT2D eigenvalue weighted by Crippen LogP contribution is -2.02. The van der Waals surface area contributed by atoms with E-state index in [1.165, 1.54) is 5.56 Å². The fraction of sp³-hybridized carbons (Fsp3) is 0.357. The molecule has 4 heteroatoms. The summed E-state index contributed by atoms with van der Waals surface area (Å²) in [5, 5.41) is 7.36. The van der Waals surface area contributed by atoms with Gasteiger partial charge in [0.1, 0.15) is 5.75 Å². The van der Waals surface area contributed by atoms with E-state index in [-0.39, 0.29) is 0 Å². The molecule has 0 fully saturated rings. The molecule has 0 aliphatic carbocycles. The Labute approximate surface area is 107 Å². The zero-order valence-corrected chi connectivity index (χ0v) is 11.1. The average molecular weight is 245 g/mol. The quantitative estimate of drug-likeness (QED) is 0.868. The van der Waals surface area contributed by atoms with Gasteiger partial charge >= 0.3 is 0 Å². The first-order valence-electron chi connectivity index (χ1n) is 6.06. The van der Waals surface area contributed by atoms with E-state index in [1.807, 2.05) is 12.1 Å². The molecule has 0 atom stereocenters. The molecule has 2 aromatic rings. The number of ether oxygens (including phenoxy) is 1. The summed E-state index contributed by atoms with van der Waals surface area (Å²) in [4.78, 5) is 0. The van der Waals surface area contributed by atoms with E-state index >= 15 is 0 Å². The first-order valence-corrected chi connectivity index (χ1v) is 6.06. The molecule has 2 rings (SSSR count). The van der Waals surface area contributed by atoms with Crippen molar-refractivity contribution < 1.29 is 4.74 Å². The van der Waals surface area contributed by atoms with Crippen LogP contribution in [0.5, 0.6) is 5.75 Å². The van der Waals surface area contributed by atoms with Gasteiger partial charge in [-0.2, -0.15) is 5.10 Å². The number of hydrogen-bond donors (Lipinski definition) is 2. The third-order valence-corrected chi connectivity index (χ3v) is 3.28. The molecule has 0 bridgehead atoms. The monoisotopic (exact) mass is 245 g/mol. The van der Waals surface area contributed by atoms with Crippen LogP contribution in [-0.2, 0) is 6.42 Å². The molecule has 0 aliphatic rings. The molecule has 0 unspecified atom stereocenters. The minimum atomic E-state index is 0.627. The highest BCUT2D eigenvalue weighted by atomic mass is 16.5. The first-order chi connectivity index (χ1) is 8.67. The molecule has 1 aromatic carbocycles. The summed E-state index contributed by atoms with van der Waals surface area (Å²) >= 11 is 0. The Morgan fingerprint density at radius 3 is 2.72 bits per heavy atom. The number of benzene rings is 1. The summed E-state index contributed by atoms with van der Waals surface area (Å²) < 4.78 is 5.32. The first kappa shape index (κ1) is 12.6. The molecule has 0 saturated carbocycles. The highest BCUT2D eigenvalue weighted by Gasteiger charge is 2.11. The highest BCUT2D eigenvalue weighted by Crippen LogP contribution is 2.30. The van der Waals surface area contributed by atoms with Gasteiger partial charge in [0.2, 0.25) is 0 Å². The summed E-state index contributed by atoms with van der Waals surface area (Å²) in [6.07, 6.45) is 0.821. The Kier molecular flexibility index (Phi) is 3.67. The largest absolute Gasteiger partial charge is 0.496 e. The molecule has 1 aromatic heterocycles. The minimum Gasteiger partial charge on any atom is -0.496 e. The number of nitrogens with zero attached hydrogens (tertiary/aromatic N) is 1. The lowest BCUT2D eigenvalue weighted by Gasteiger charge is -2.10. The van der Waals surface area contributed by atoms with Gasteiger partial charge in [0.15, 0.2) is 0 Å². The maximum Gasteiger partial charge on any atom is 0.122 e. The molecule has 0 amide bonds. The maximum atomic E-state index is 5.54. The predicted molar refractivity (Wildman–Crippen MR) is 72.8 cm³/mol. The molecule has 0 aliphatic heterocycles. The number of hydrogen-bond acceptors (Lipinski definition) is 3. The molecule has 1 heterocycles. The van der Waals surface area contributed by atoms with Crippen LogP contribution in [0.25, 0.3) is 11.3 Å². The third kappa shape index (κ3) is 2.24. The van der Waals surface area contributed by atoms with E-state index in [9.17, 15) is 0 Å². The second kappa shape index (κ2) is 5.23. The predicted octanol–water partition coefficient (Wildman–Crippen LogP) is 2.20. The highest BCUT2D eigenvalue weighted by molar-refractivity contribution is 5.67. The van der Waals surface area contributed by atoms with Crippen molar-refractivity contribution in [3.63, 3.8) is 0 Å². The molecular formula is C14H19N3O. The van der Waals surface area contributed by atoms with Crippen LogP contribution in [0.15, 0.2) is 18.2 Å². The van der Waals surface area contributed by atoms with Crippen molar-refractivity contribution in [3.05, 3.63) is 35.0 Å². The summed E-state index contributed by atoms with van der Waals surface area (Å²) in [7, 11) is 1.69. The van der Waals surface area contributed by atoms with Crippen LogP contribution in [0.4, 0.5) is 0 Å². The summed E-state index contributed by atoms with van der Waals surface area (Å²) in [5.74, 6) is 0.911. The normalized spacial score (nSPS) is 10.7. The fourth-order valence-corrected chi connectivity index (χ4v) is 2.08. The van der Waals surface area contributed by atoms with Gasteiger partial charge in [-0.25, -0.2) is 0 Å². The Bertz CT molecular complexity index is 546. The number of rotatable bonds is 4. The van der Waals surface area contributed by atoms with Crippen molar-refractivity contribution >= 4 is 0 Å². The van der Waals surface area contributed by atoms with Crippen molar-refractivity contribution in [2.45, 2.75) is 20.3 Å². The van der Waals surface area contributed by atoms with E-state index in [4.69, 9.17) is 10.5 Å².